The molecule has 0 spiro atoms. The number of hydrogen-bond acceptors (Lipinski definition) is 6. The molecule has 0 aliphatic rings. The fourth-order valence-electron chi connectivity index (χ4n) is 1.76. The van der Waals surface area contributed by atoms with E-state index in [0.717, 1.165) is 5.56 Å². The summed E-state index contributed by atoms with van der Waals surface area (Å²) in [5.41, 5.74) is 1.65. The van der Waals surface area contributed by atoms with Crippen molar-refractivity contribution in [2.24, 2.45) is 0 Å². The Morgan fingerprint density at radius 3 is 2.50 bits per heavy atom. The van der Waals surface area contributed by atoms with E-state index in [0.29, 0.717) is 34.2 Å². The first-order chi connectivity index (χ1) is 10.7. The lowest BCUT2D eigenvalue weighted by Gasteiger charge is -2.03. The van der Waals surface area contributed by atoms with Crippen LogP contribution in [0.25, 0.3) is 0 Å². The van der Waals surface area contributed by atoms with Gasteiger partial charge in [0, 0.05) is 40.2 Å². The molecule has 22 heavy (non-hydrogen) atoms. The zero-order chi connectivity index (χ0) is 15.4. The van der Waals surface area contributed by atoms with Crippen molar-refractivity contribution in [3.63, 3.8) is 0 Å². The number of aromatic amines is 1. The van der Waals surface area contributed by atoms with Gasteiger partial charge in [-0.05, 0) is 18.2 Å². The van der Waals surface area contributed by atoms with Crippen LogP contribution in [0.15, 0.2) is 36.9 Å². The summed E-state index contributed by atoms with van der Waals surface area (Å²) < 4.78 is 0. The minimum atomic E-state index is 0.408. The van der Waals surface area contributed by atoms with Gasteiger partial charge >= 0.3 is 0 Å². The van der Waals surface area contributed by atoms with Gasteiger partial charge in [-0.25, -0.2) is 15.1 Å². The second kappa shape index (κ2) is 6.59. The van der Waals surface area contributed by atoms with E-state index in [4.69, 9.17) is 23.2 Å². The number of anilines is 3. The summed E-state index contributed by atoms with van der Waals surface area (Å²) in [5.74, 6) is 0.935. The summed E-state index contributed by atoms with van der Waals surface area (Å²) in [6.45, 7) is 0.540. The number of H-pyrrole nitrogens is 1. The molecule has 0 unspecified atom stereocenters. The number of nitrogens with one attached hydrogen (secondary N) is 3. The van der Waals surface area contributed by atoms with Crippen molar-refractivity contribution in [2.75, 3.05) is 10.6 Å². The molecule has 0 atom stereocenters. The second-order valence-electron chi connectivity index (χ2n) is 4.39. The van der Waals surface area contributed by atoms with E-state index in [1.807, 2.05) is 0 Å². The Morgan fingerprint density at radius 2 is 1.77 bits per heavy atom. The predicted molar refractivity (Wildman–Crippen MR) is 85.5 cm³/mol. The van der Waals surface area contributed by atoms with Gasteiger partial charge < -0.3 is 10.6 Å². The van der Waals surface area contributed by atoms with E-state index in [9.17, 15) is 0 Å². The van der Waals surface area contributed by atoms with Gasteiger partial charge in [0.25, 0.3) is 0 Å². The quantitative estimate of drug-likeness (QED) is 0.662. The lowest BCUT2D eigenvalue weighted by atomic mass is 10.3. The fraction of sp³-hybridized carbons (Fsp3) is 0.0769. The van der Waals surface area contributed by atoms with Crippen LogP contribution in [0.4, 0.5) is 17.6 Å². The Hall–Kier alpha value is -2.38. The van der Waals surface area contributed by atoms with Crippen molar-refractivity contribution in [3.8, 4) is 0 Å². The maximum atomic E-state index is 5.94. The zero-order valence-electron chi connectivity index (χ0n) is 11.2. The smallest absolute Gasteiger partial charge is 0.248 e. The van der Waals surface area contributed by atoms with Gasteiger partial charge in [0.15, 0.2) is 0 Å². The first-order valence-corrected chi connectivity index (χ1v) is 7.08. The summed E-state index contributed by atoms with van der Waals surface area (Å²) in [6, 6.07) is 5.12. The molecule has 0 amide bonds. The van der Waals surface area contributed by atoms with Crippen LogP contribution in [0.5, 0.6) is 0 Å². The summed E-state index contributed by atoms with van der Waals surface area (Å²) >= 11 is 11.9. The number of aromatic nitrogens is 5. The van der Waals surface area contributed by atoms with E-state index in [-0.39, 0.29) is 0 Å². The normalized spacial score (nSPS) is 10.5. The van der Waals surface area contributed by atoms with E-state index in [1.54, 1.807) is 30.6 Å². The van der Waals surface area contributed by atoms with Crippen molar-refractivity contribution in [1.82, 2.24) is 25.1 Å². The van der Waals surface area contributed by atoms with Crippen molar-refractivity contribution >= 4 is 40.8 Å². The van der Waals surface area contributed by atoms with Gasteiger partial charge in [0.05, 0.1) is 0 Å². The standard InChI is InChI=1S/C13H11Cl2N7/c14-9-1-10(15)3-11(2-9)19-13-20-12(21-22-13)18-6-8-4-16-7-17-5-8/h1-5,7H,6H2,(H3,18,19,20,21,22). The fourth-order valence-corrected chi connectivity index (χ4v) is 2.28. The van der Waals surface area contributed by atoms with Gasteiger partial charge in [-0.15, -0.1) is 5.10 Å². The molecule has 0 aliphatic heterocycles. The molecule has 0 radical (unpaired) electrons. The molecular formula is C13H11Cl2N7. The highest BCUT2D eigenvalue weighted by Crippen LogP contribution is 2.24. The second-order valence-corrected chi connectivity index (χ2v) is 5.26. The molecule has 0 bridgehead atoms. The van der Waals surface area contributed by atoms with E-state index in [1.165, 1.54) is 6.33 Å². The van der Waals surface area contributed by atoms with Crippen molar-refractivity contribution in [3.05, 3.63) is 52.5 Å². The van der Waals surface area contributed by atoms with Crippen LogP contribution in [-0.2, 0) is 6.54 Å². The zero-order valence-corrected chi connectivity index (χ0v) is 12.7. The average molecular weight is 336 g/mol. The molecule has 112 valence electrons. The van der Waals surface area contributed by atoms with Gasteiger partial charge in [0.2, 0.25) is 11.9 Å². The molecule has 2 heterocycles. The Morgan fingerprint density at radius 1 is 1.05 bits per heavy atom. The van der Waals surface area contributed by atoms with E-state index in [2.05, 4.69) is 35.8 Å². The molecule has 1 aromatic carbocycles. The molecule has 0 saturated carbocycles. The first kappa shape index (κ1) is 14.6. The van der Waals surface area contributed by atoms with Crippen LogP contribution in [0, 0.1) is 0 Å². The van der Waals surface area contributed by atoms with Gasteiger partial charge in [0.1, 0.15) is 6.33 Å². The van der Waals surface area contributed by atoms with E-state index < -0.39 is 0 Å². The van der Waals surface area contributed by atoms with Gasteiger partial charge in [-0.1, -0.05) is 23.2 Å². The lowest BCUT2D eigenvalue weighted by Crippen LogP contribution is -2.01. The Bertz CT molecular complexity index is 740. The SMILES string of the molecule is Clc1cc(Cl)cc(Nc2n[nH]c(NCc3cncnc3)n2)c1. The summed E-state index contributed by atoms with van der Waals surface area (Å²) in [7, 11) is 0. The minimum absolute atomic E-state index is 0.408. The maximum Gasteiger partial charge on any atom is 0.248 e. The molecule has 0 aliphatic carbocycles. The number of hydrogen-bond donors (Lipinski definition) is 3. The lowest BCUT2D eigenvalue weighted by molar-refractivity contribution is 1.01. The van der Waals surface area contributed by atoms with Crippen molar-refractivity contribution < 1.29 is 0 Å². The van der Waals surface area contributed by atoms with Gasteiger partial charge in [-0.3, -0.25) is 0 Å². The third kappa shape index (κ3) is 3.84. The first-order valence-electron chi connectivity index (χ1n) is 6.32. The Kier molecular flexibility index (Phi) is 4.36. The topological polar surface area (TPSA) is 91.4 Å². The predicted octanol–water partition coefficient (Wildman–Crippen LogP) is 3.26. The Labute approximate surface area is 136 Å². The third-order valence-corrected chi connectivity index (χ3v) is 3.11. The monoisotopic (exact) mass is 335 g/mol. The van der Waals surface area contributed by atoms with Crippen molar-refractivity contribution in [1.29, 1.82) is 0 Å². The van der Waals surface area contributed by atoms with Crippen LogP contribution in [-0.4, -0.2) is 25.1 Å². The molecule has 3 aromatic rings. The van der Waals surface area contributed by atoms with E-state index >= 15 is 0 Å². The van der Waals surface area contributed by atoms with Crippen molar-refractivity contribution in [2.45, 2.75) is 6.54 Å². The molecule has 0 saturated heterocycles. The summed E-state index contributed by atoms with van der Waals surface area (Å²) in [4.78, 5) is 12.1. The maximum absolute atomic E-state index is 5.94. The van der Waals surface area contributed by atoms with Crippen LogP contribution < -0.4 is 10.6 Å². The minimum Gasteiger partial charge on any atom is -0.350 e. The molecule has 3 N–H and O–H groups in total. The third-order valence-electron chi connectivity index (χ3n) is 2.68. The van der Waals surface area contributed by atoms with Crippen LogP contribution in [0.3, 0.4) is 0 Å². The van der Waals surface area contributed by atoms with Crippen LogP contribution in [0.2, 0.25) is 10.0 Å². The van der Waals surface area contributed by atoms with Gasteiger partial charge in [-0.2, -0.15) is 4.98 Å². The number of nitrogens with zero attached hydrogens (tertiary/aromatic N) is 4. The molecular weight excluding hydrogens is 325 g/mol. The van der Waals surface area contributed by atoms with Crippen LogP contribution in [0.1, 0.15) is 5.56 Å². The van der Waals surface area contributed by atoms with Crippen LogP contribution >= 0.6 is 23.2 Å². The molecule has 2 aromatic heterocycles. The highest BCUT2D eigenvalue weighted by Gasteiger charge is 2.05. The largest absolute Gasteiger partial charge is 0.350 e. The molecule has 9 heteroatoms. The number of rotatable bonds is 5. The highest BCUT2D eigenvalue weighted by molar-refractivity contribution is 6.35. The number of halogens is 2. The number of benzene rings is 1. The highest BCUT2D eigenvalue weighted by atomic mass is 35.5. The molecule has 0 fully saturated rings. The summed E-state index contributed by atoms with van der Waals surface area (Å²) in [5, 5.41) is 14.0. The Balaban J connectivity index is 1.63. The molecule has 3 rings (SSSR count). The average Bonchev–Trinajstić information content (AvgIpc) is 2.93. The summed E-state index contributed by atoms with van der Waals surface area (Å²) in [6.07, 6.45) is 4.93. The molecule has 7 nitrogen and oxygen atoms in total.